The minimum Gasteiger partial charge on any atom is -0.478 e. The van der Waals surface area contributed by atoms with E-state index in [-0.39, 0.29) is 10.5 Å². The van der Waals surface area contributed by atoms with Crippen LogP contribution in [-0.4, -0.2) is 57.1 Å². The van der Waals surface area contributed by atoms with Crippen LogP contribution in [0.15, 0.2) is 41.3 Å². The number of nitrogens with zero attached hydrogens (tertiary/aromatic N) is 2. The van der Waals surface area contributed by atoms with Crippen molar-refractivity contribution >= 4 is 27.4 Å². The standard InChI is InChI=1S/C27H37N3O4S/c1-20-6-8-24(18-21(20)2)35(33,34)28-25-19-23(27(31)32)7-9-26(25)30-16-11-22(12-17-30)10-15-29-13-4-3-5-14-29/h6-9,18-19,22,28H,3-5,10-17H2,1-2H3,(H,31,32). The summed E-state index contributed by atoms with van der Waals surface area (Å²) in [6, 6.07) is 9.72. The maximum atomic E-state index is 13.2. The van der Waals surface area contributed by atoms with Gasteiger partial charge < -0.3 is 14.9 Å². The highest BCUT2D eigenvalue weighted by molar-refractivity contribution is 7.92. The van der Waals surface area contributed by atoms with Crippen molar-refractivity contribution in [1.82, 2.24) is 4.90 Å². The van der Waals surface area contributed by atoms with E-state index in [9.17, 15) is 18.3 Å². The topological polar surface area (TPSA) is 89.9 Å². The van der Waals surface area contributed by atoms with Crippen LogP contribution in [0.5, 0.6) is 0 Å². The average Bonchev–Trinajstić information content (AvgIpc) is 2.85. The fourth-order valence-corrected chi connectivity index (χ4v) is 6.27. The zero-order chi connectivity index (χ0) is 25.0. The number of benzene rings is 2. The second-order valence-electron chi connectivity index (χ2n) is 10.0. The van der Waals surface area contributed by atoms with Crippen LogP contribution in [0.25, 0.3) is 0 Å². The molecule has 0 spiro atoms. The Morgan fingerprint density at radius 1 is 0.971 bits per heavy atom. The van der Waals surface area contributed by atoms with Crippen LogP contribution in [0.1, 0.15) is 60.0 Å². The molecule has 0 aromatic heterocycles. The number of nitrogens with one attached hydrogen (secondary N) is 1. The molecule has 190 valence electrons. The normalized spacial score (nSPS) is 17.9. The molecule has 4 rings (SSSR count). The average molecular weight is 500 g/mol. The smallest absolute Gasteiger partial charge is 0.335 e. The van der Waals surface area contributed by atoms with Crippen molar-refractivity contribution in [1.29, 1.82) is 0 Å². The Labute approximate surface area is 209 Å². The lowest BCUT2D eigenvalue weighted by Crippen LogP contribution is -2.36. The SMILES string of the molecule is Cc1ccc(S(=O)(=O)Nc2cc(C(=O)O)ccc2N2CCC(CCN3CCCCC3)CC2)cc1C. The minimum atomic E-state index is -3.86. The van der Waals surface area contributed by atoms with Crippen molar-refractivity contribution in [2.75, 3.05) is 42.3 Å². The number of piperidine rings is 2. The van der Waals surface area contributed by atoms with Crippen LogP contribution < -0.4 is 9.62 Å². The Morgan fingerprint density at radius 2 is 1.69 bits per heavy atom. The first-order chi connectivity index (χ1) is 16.7. The number of anilines is 2. The predicted molar refractivity (Wildman–Crippen MR) is 140 cm³/mol. The van der Waals surface area contributed by atoms with Crippen LogP contribution in [0.2, 0.25) is 0 Å². The summed E-state index contributed by atoms with van der Waals surface area (Å²) in [5.41, 5.74) is 3.01. The molecule has 0 bridgehead atoms. The maximum Gasteiger partial charge on any atom is 0.335 e. The second-order valence-corrected chi connectivity index (χ2v) is 11.7. The van der Waals surface area contributed by atoms with Crippen molar-refractivity contribution in [3.8, 4) is 0 Å². The third-order valence-electron chi connectivity index (χ3n) is 7.53. The lowest BCUT2D eigenvalue weighted by Gasteiger charge is -2.36. The monoisotopic (exact) mass is 499 g/mol. The van der Waals surface area contributed by atoms with Crippen LogP contribution in [0.4, 0.5) is 11.4 Å². The molecule has 2 aromatic rings. The summed E-state index contributed by atoms with van der Waals surface area (Å²) in [6.45, 7) is 9.07. The lowest BCUT2D eigenvalue weighted by molar-refractivity contribution is 0.0697. The van der Waals surface area contributed by atoms with Gasteiger partial charge in [-0.2, -0.15) is 0 Å². The number of rotatable bonds is 8. The first-order valence-corrected chi connectivity index (χ1v) is 14.2. The number of hydrogen-bond donors (Lipinski definition) is 2. The summed E-state index contributed by atoms with van der Waals surface area (Å²) in [7, 11) is -3.86. The van der Waals surface area contributed by atoms with E-state index >= 15 is 0 Å². The van der Waals surface area contributed by atoms with Crippen LogP contribution in [-0.2, 0) is 10.0 Å². The van der Waals surface area contributed by atoms with Gasteiger partial charge in [0.15, 0.2) is 0 Å². The highest BCUT2D eigenvalue weighted by Gasteiger charge is 2.25. The van der Waals surface area contributed by atoms with Crippen LogP contribution in [0.3, 0.4) is 0 Å². The van der Waals surface area contributed by atoms with Gasteiger partial charge in [0, 0.05) is 13.1 Å². The Bertz CT molecular complexity index is 1150. The van der Waals surface area contributed by atoms with Crippen LogP contribution >= 0.6 is 0 Å². The summed E-state index contributed by atoms with van der Waals surface area (Å²) >= 11 is 0. The molecule has 2 aliphatic rings. The maximum absolute atomic E-state index is 13.2. The van der Waals surface area contributed by atoms with Gasteiger partial charge in [-0.3, -0.25) is 4.72 Å². The van der Waals surface area contributed by atoms with Crippen molar-refractivity contribution in [2.45, 2.75) is 57.3 Å². The highest BCUT2D eigenvalue weighted by Crippen LogP contribution is 2.33. The van der Waals surface area contributed by atoms with Gasteiger partial charge in [0.2, 0.25) is 0 Å². The van der Waals surface area contributed by atoms with Crippen molar-refractivity contribution < 1.29 is 18.3 Å². The number of hydrogen-bond acceptors (Lipinski definition) is 5. The largest absolute Gasteiger partial charge is 0.478 e. The molecule has 0 atom stereocenters. The van der Waals surface area contributed by atoms with Gasteiger partial charge in [0.05, 0.1) is 21.8 Å². The highest BCUT2D eigenvalue weighted by atomic mass is 32.2. The fourth-order valence-electron chi connectivity index (χ4n) is 5.12. The van der Waals surface area contributed by atoms with Gasteiger partial charge in [-0.1, -0.05) is 12.5 Å². The number of carboxylic acid groups (broad SMARTS) is 1. The van der Waals surface area contributed by atoms with E-state index in [4.69, 9.17) is 0 Å². The Kier molecular flexibility index (Phi) is 8.02. The van der Waals surface area contributed by atoms with Gasteiger partial charge in [0.1, 0.15) is 0 Å². The fraction of sp³-hybridized carbons (Fsp3) is 0.519. The molecule has 35 heavy (non-hydrogen) atoms. The first kappa shape index (κ1) is 25.5. The zero-order valence-electron chi connectivity index (χ0n) is 20.8. The van der Waals surface area contributed by atoms with Gasteiger partial charge in [-0.15, -0.1) is 0 Å². The molecule has 7 nitrogen and oxygen atoms in total. The Hall–Kier alpha value is -2.58. The van der Waals surface area contributed by atoms with E-state index in [0.29, 0.717) is 11.6 Å². The molecule has 0 radical (unpaired) electrons. The molecule has 8 heteroatoms. The van der Waals surface area contributed by atoms with Gasteiger partial charge in [-0.05, 0) is 113 Å². The summed E-state index contributed by atoms with van der Waals surface area (Å²) in [5, 5.41) is 9.50. The van der Waals surface area contributed by atoms with E-state index in [0.717, 1.165) is 42.7 Å². The van der Waals surface area contributed by atoms with E-state index in [1.807, 2.05) is 13.8 Å². The molecule has 2 N–H and O–H groups in total. The molecule has 0 aliphatic carbocycles. The number of likely N-dealkylation sites (tertiary alicyclic amines) is 1. The Balaban J connectivity index is 1.48. The molecule has 2 fully saturated rings. The number of carboxylic acids is 1. The molecule has 0 unspecified atom stereocenters. The van der Waals surface area contributed by atoms with E-state index in [2.05, 4.69) is 14.5 Å². The molecule has 2 saturated heterocycles. The number of aromatic carboxylic acids is 1. The van der Waals surface area contributed by atoms with E-state index in [1.165, 1.54) is 51.4 Å². The molecule has 2 heterocycles. The van der Waals surface area contributed by atoms with Gasteiger partial charge in [0.25, 0.3) is 10.0 Å². The quantitative estimate of drug-likeness (QED) is 0.537. The molecule has 2 aliphatic heterocycles. The van der Waals surface area contributed by atoms with E-state index < -0.39 is 16.0 Å². The third kappa shape index (κ3) is 6.35. The second kappa shape index (κ2) is 11.0. The third-order valence-corrected chi connectivity index (χ3v) is 8.90. The molecule has 0 amide bonds. The lowest BCUT2D eigenvalue weighted by atomic mass is 9.92. The Morgan fingerprint density at radius 3 is 2.34 bits per heavy atom. The summed E-state index contributed by atoms with van der Waals surface area (Å²) in [6.07, 6.45) is 7.29. The summed E-state index contributed by atoms with van der Waals surface area (Å²) < 4.78 is 29.1. The van der Waals surface area contributed by atoms with Crippen molar-refractivity contribution in [3.63, 3.8) is 0 Å². The molecular formula is C27H37N3O4S. The first-order valence-electron chi connectivity index (χ1n) is 12.7. The predicted octanol–water partition coefficient (Wildman–Crippen LogP) is 4.89. The van der Waals surface area contributed by atoms with Crippen LogP contribution in [0, 0.1) is 19.8 Å². The zero-order valence-corrected chi connectivity index (χ0v) is 21.6. The molecular weight excluding hydrogens is 462 g/mol. The van der Waals surface area contributed by atoms with Gasteiger partial charge >= 0.3 is 5.97 Å². The molecule has 2 aromatic carbocycles. The number of sulfonamides is 1. The summed E-state index contributed by atoms with van der Waals surface area (Å²) in [4.78, 5) is 16.5. The van der Waals surface area contributed by atoms with E-state index in [1.54, 1.807) is 30.3 Å². The van der Waals surface area contributed by atoms with Crippen molar-refractivity contribution in [3.05, 3.63) is 53.1 Å². The summed E-state index contributed by atoms with van der Waals surface area (Å²) in [5.74, 6) is -0.415. The number of aryl methyl sites for hydroxylation is 2. The molecule has 0 saturated carbocycles. The minimum absolute atomic E-state index is 0.0583. The number of carbonyl (C=O) groups is 1. The van der Waals surface area contributed by atoms with Crippen molar-refractivity contribution in [2.24, 2.45) is 5.92 Å². The van der Waals surface area contributed by atoms with Gasteiger partial charge in [-0.25, -0.2) is 13.2 Å².